The van der Waals surface area contributed by atoms with Crippen LogP contribution in [0.2, 0.25) is 0 Å². The van der Waals surface area contributed by atoms with Gasteiger partial charge >= 0.3 is 0 Å². The molecule has 0 aromatic rings. The molecular formula is C3H7NO2Ti-2. The van der Waals surface area contributed by atoms with Crippen molar-refractivity contribution in [3.63, 3.8) is 0 Å². The summed E-state index contributed by atoms with van der Waals surface area (Å²) in [5.41, 5.74) is 0. The van der Waals surface area contributed by atoms with E-state index in [1.54, 1.807) is 0 Å². The van der Waals surface area contributed by atoms with Crippen molar-refractivity contribution in [1.82, 2.24) is 0 Å². The molecule has 0 radical (unpaired) electrons. The molecule has 0 atom stereocenters. The normalized spacial score (nSPS) is 4.29. The Morgan fingerprint density at radius 1 is 1.86 bits per heavy atom. The second kappa shape index (κ2) is 35.8. The summed E-state index contributed by atoms with van der Waals surface area (Å²) in [6.07, 6.45) is 1.00. The van der Waals surface area contributed by atoms with Crippen molar-refractivity contribution in [2.75, 3.05) is 0 Å². The van der Waals surface area contributed by atoms with Crippen LogP contribution in [0.25, 0.3) is 0 Å². The van der Waals surface area contributed by atoms with Gasteiger partial charge in [0.15, 0.2) is 0 Å². The van der Waals surface area contributed by atoms with Crippen LogP contribution < -0.4 is 0 Å². The summed E-state index contributed by atoms with van der Waals surface area (Å²) in [6.45, 7) is 5.50. The minimum atomic E-state index is 0. The standard InChI is InChI=1S/C3H7.HNO2.Ti/c1-3-2;2-1-3;/h1,3H2,2H3;(H,2,3);/q-1;;/p-1. The van der Waals surface area contributed by atoms with Crippen molar-refractivity contribution >= 4 is 0 Å². The minimum absolute atomic E-state index is 0. The Balaban J connectivity index is -0.0000000400. The fraction of sp³-hybridized carbons (Fsp3) is 0.667. The molecule has 4 heteroatoms. The molecule has 3 nitrogen and oxygen atoms in total. The molecule has 0 spiro atoms. The molecule has 0 aliphatic carbocycles. The van der Waals surface area contributed by atoms with Gasteiger partial charge in [-0.2, -0.15) is 6.42 Å². The Labute approximate surface area is 57.9 Å². The van der Waals surface area contributed by atoms with Crippen molar-refractivity contribution in [3.05, 3.63) is 17.0 Å². The van der Waals surface area contributed by atoms with Gasteiger partial charge in [0.25, 0.3) is 0 Å². The predicted octanol–water partition coefficient (Wildman–Crippen LogP) is 1.48. The molecule has 42 valence electrons. The van der Waals surface area contributed by atoms with Gasteiger partial charge in [0.1, 0.15) is 0 Å². The van der Waals surface area contributed by atoms with Crippen molar-refractivity contribution in [2.45, 2.75) is 13.3 Å². The summed E-state index contributed by atoms with van der Waals surface area (Å²) in [5.74, 6) is 0. The van der Waals surface area contributed by atoms with Gasteiger partial charge in [-0.3, -0.25) is 0 Å². The van der Waals surface area contributed by atoms with Crippen molar-refractivity contribution in [1.29, 1.82) is 0 Å². The quantitative estimate of drug-likeness (QED) is 0.219. The van der Waals surface area contributed by atoms with Crippen LogP contribution in [-0.2, 0) is 21.7 Å². The van der Waals surface area contributed by atoms with E-state index in [1.807, 2.05) is 6.92 Å². The van der Waals surface area contributed by atoms with Crippen molar-refractivity contribution < 1.29 is 21.7 Å². The minimum Gasteiger partial charge on any atom is -0.444 e. The van der Waals surface area contributed by atoms with Crippen LogP contribution in [-0.4, -0.2) is 0 Å². The Kier molecular flexibility index (Phi) is 80.3. The molecule has 0 aliphatic rings. The third-order valence-corrected chi connectivity index (χ3v) is 0. The van der Waals surface area contributed by atoms with Gasteiger partial charge in [-0.25, -0.2) is 0 Å². The predicted molar refractivity (Wildman–Crippen MR) is 24.8 cm³/mol. The van der Waals surface area contributed by atoms with Gasteiger partial charge < -0.3 is 17.0 Å². The second-order valence-corrected chi connectivity index (χ2v) is 0.575. The van der Waals surface area contributed by atoms with Gasteiger partial charge in [0.05, 0.1) is 0 Å². The maximum absolute atomic E-state index is 8.00. The van der Waals surface area contributed by atoms with Gasteiger partial charge in [0, 0.05) is 21.7 Å². The van der Waals surface area contributed by atoms with E-state index in [0.29, 0.717) is 0 Å². The number of hydrogen-bond donors (Lipinski definition) is 0. The molecule has 7 heavy (non-hydrogen) atoms. The number of rotatable bonds is 0. The zero-order valence-corrected chi connectivity index (χ0v) is 5.74. The van der Waals surface area contributed by atoms with Crippen LogP contribution in [0.3, 0.4) is 0 Å². The summed E-state index contributed by atoms with van der Waals surface area (Å²) in [7, 11) is 0. The van der Waals surface area contributed by atoms with Crippen molar-refractivity contribution in [2.24, 2.45) is 5.34 Å². The summed E-state index contributed by atoms with van der Waals surface area (Å²) in [4.78, 5) is 8.00. The van der Waals surface area contributed by atoms with Crippen LogP contribution in [0.5, 0.6) is 0 Å². The van der Waals surface area contributed by atoms with Crippen LogP contribution in [0.4, 0.5) is 0 Å². The largest absolute Gasteiger partial charge is 0.444 e. The average molecular weight is 137 g/mol. The zero-order valence-electron chi connectivity index (χ0n) is 4.18. The topological polar surface area (TPSA) is 52.5 Å². The van der Waals surface area contributed by atoms with E-state index in [0.717, 1.165) is 11.8 Å². The molecule has 0 aromatic heterocycles. The summed E-state index contributed by atoms with van der Waals surface area (Å²) in [6, 6.07) is 0. The first kappa shape index (κ1) is 15.7. The second-order valence-electron chi connectivity index (χ2n) is 0.575. The SMILES string of the molecule is O=N[O-].[CH2-]CC.[Ti]. The molecule has 0 aliphatic heterocycles. The molecule has 0 unspecified atom stereocenters. The summed E-state index contributed by atoms with van der Waals surface area (Å²) < 4.78 is 0. The van der Waals surface area contributed by atoms with Crippen LogP contribution >= 0.6 is 0 Å². The first-order valence-electron chi connectivity index (χ1n) is 1.57. The molecular weight excluding hydrogens is 130 g/mol. The molecule has 0 bridgehead atoms. The molecule has 0 saturated carbocycles. The van der Waals surface area contributed by atoms with E-state index in [4.69, 9.17) is 10.1 Å². The molecule has 0 heterocycles. The van der Waals surface area contributed by atoms with Gasteiger partial charge in [0.2, 0.25) is 0 Å². The van der Waals surface area contributed by atoms with Crippen LogP contribution in [0, 0.1) is 17.0 Å². The average Bonchev–Trinajstić information content (AvgIpc) is 1.39. The van der Waals surface area contributed by atoms with Gasteiger partial charge in [-0.05, 0) is 0 Å². The molecule has 0 fully saturated rings. The van der Waals surface area contributed by atoms with Gasteiger partial charge in [-0.1, -0.05) is 6.92 Å². The third-order valence-electron chi connectivity index (χ3n) is 0. The third kappa shape index (κ3) is 7920. The van der Waals surface area contributed by atoms with Crippen LogP contribution in [0.15, 0.2) is 5.34 Å². The first-order chi connectivity index (χ1) is 2.83. The maximum Gasteiger partial charge on any atom is 0 e. The van der Waals surface area contributed by atoms with E-state index in [-0.39, 0.29) is 21.7 Å². The fourth-order valence-electron chi connectivity index (χ4n) is 0. The summed E-state index contributed by atoms with van der Waals surface area (Å²) in [5, 5.41) is 9.00. The molecule has 0 amide bonds. The van der Waals surface area contributed by atoms with E-state index in [1.165, 1.54) is 0 Å². The van der Waals surface area contributed by atoms with Gasteiger partial charge in [-0.15, -0.1) is 5.34 Å². The Hall–Kier alpha value is 0.114. The first-order valence-corrected chi connectivity index (χ1v) is 1.57. The van der Waals surface area contributed by atoms with Crippen molar-refractivity contribution in [3.8, 4) is 0 Å². The van der Waals surface area contributed by atoms with Crippen LogP contribution in [0.1, 0.15) is 13.3 Å². The number of hydrogen-bond acceptors (Lipinski definition) is 3. The molecule has 0 rings (SSSR count). The molecule has 0 aromatic carbocycles. The number of nitrogens with zero attached hydrogens (tertiary/aromatic N) is 1. The fourth-order valence-corrected chi connectivity index (χ4v) is 0. The summed E-state index contributed by atoms with van der Waals surface area (Å²) >= 11 is 0. The molecule has 0 saturated heterocycles. The Bertz CT molecular complexity index is 26.9. The zero-order chi connectivity index (χ0) is 5.41. The maximum atomic E-state index is 8.00. The Morgan fingerprint density at radius 2 is 1.86 bits per heavy atom. The molecule has 0 N–H and O–H groups in total. The van der Waals surface area contributed by atoms with E-state index in [9.17, 15) is 0 Å². The van der Waals surface area contributed by atoms with E-state index in [2.05, 4.69) is 6.92 Å². The Morgan fingerprint density at radius 3 is 1.86 bits per heavy atom. The monoisotopic (exact) mass is 137 g/mol. The van der Waals surface area contributed by atoms with E-state index < -0.39 is 0 Å². The van der Waals surface area contributed by atoms with E-state index >= 15 is 0 Å². The smallest absolute Gasteiger partial charge is 0 e.